The number of halogens is 1. The molecule has 3 nitrogen and oxygen atoms in total. The summed E-state index contributed by atoms with van der Waals surface area (Å²) in [5.41, 5.74) is 0.785. The van der Waals surface area contributed by atoms with Gasteiger partial charge in [0, 0.05) is 6.54 Å². The number of nitrogens with one attached hydrogen (secondary N) is 1. The van der Waals surface area contributed by atoms with E-state index in [9.17, 15) is 9.18 Å². The van der Waals surface area contributed by atoms with Gasteiger partial charge in [-0.15, -0.1) is 0 Å². The van der Waals surface area contributed by atoms with Crippen LogP contribution in [-0.2, 0) is 16.1 Å². The summed E-state index contributed by atoms with van der Waals surface area (Å²) in [5.74, 6) is -0.507. The third kappa shape index (κ3) is 3.81. The number of carbonyl (C=O) groups is 1. The molecule has 100 valence electrons. The van der Waals surface area contributed by atoms with Gasteiger partial charge in [-0.2, -0.15) is 0 Å². The molecule has 18 heavy (non-hydrogen) atoms. The van der Waals surface area contributed by atoms with Gasteiger partial charge in [0.25, 0.3) is 0 Å². The molecule has 0 aliphatic heterocycles. The fourth-order valence-corrected chi connectivity index (χ4v) is 1.52. The van der Waals surface area contributed by atoms with Crippen LogP contribution in [-0.4, -0.2) is 18.1 Å². The summed E-state index contributed by atoms with van der Waals surface area (Å²) in [6, 6.07) is 4.91. The first kappa shape index (κ1) is 14.6. The molecule has 0 aromatic heterocycles. The van der Waals surface area contributed by atoms with Crippen molar-refractivity contribution < 1.29 is 13.9 Å². The number of hydrogen-bond acceptors (Lipinski definition) is 3. The minimum Gasteiger partial charge on any atom is -0.465 e. The molecule has 0 aliphatic carbocycles. The van der Waals surface area contributed by atoms with Gasteiger partial charge in [0.15, 0.2) is 0 Å². The minimum absolute atomic E-state index is 0.219. The van der Waals surface area contributed by atoms with Crippen molar-refractivity contribution in [2.75, 3.05) is 6.61 Å². The molecule has 0 fully saturated rings. The molecular weight excluding hydrogens is 233 g/mol. The van der Waals surface area contributed by atoms with E-state index in [1.54, 1.807) is 39.8 Å². The Morgan fingerprint density at radius 1 is 1.44 bits per heavy atom. The molecule has 0 spiro atoms. The number of rotatable bonds is 5. The van der Waals surface area contributed by atoms with Crippen LogP contribution in [0.15, 0.2) is 18.2 Å². The molecule has 4 heteroatoms. The van der Waals surface area contributed by atoms with Gasteiger partial charge in [-0.05, 0) is 44.9 Å². The summed E-state index contributed by atoms with van der Waals surface area (Å²) in [7, 11) is 0. The van der Waals surface area contributed by atoms with Gasteiger partial charge in [0.2, 0.25) is 0 Å². The quantitative estimate of drug-likeness (QED) is 0.820. The first-order valence-corrected chi connectivity index (χ1v) is 6.04. The Balaban J connectivity index is 2.63. The largest absolute Gasteiger partial charge is 0.465 e. The number of carbonyl (C=O) groups excluding carboxylic acids is 1. The molecule has 0 bridgehead atoms. The smallest absolute Gasteiger partial charge is 0.325 e. The summed E-state index contributed by atoms with van der Waals surface area (Å²) in [6.07, 6.45) is 0. The zero-order valence-corrected chi connectivity index (χ0v) is 11.3. The molecule has 0 amide bonds. The van der Waals surface area contributed by atoms with Crippen LogP contribution in [0.3, 0.4) is 0 Å². The number of ether oxygens (including phenoxy) is 1. The van der Waals surface area contributed by atoms with E-state index in [4.69, 9.17) is 4.74 Å². The Bertz CT molecular complexity index is 430. The molecule has 0 saturated heterocycles. The van der Waals surface area contributed by atoms with Crippen molar-refractivity contribution in [3.05, 3.63) is 35.1 Å². The number of aryl methyl sites for hydroxylation is 1. The zero-order valence-electron chi connectivity index (χ0n) is 11.3. The van der Waals surface area contributed by atoms with Crippen molar-refractivity contribution in [2.45, 2.75) is 39.8 Å². The molecule has 0 unspecified atom stereocenters. The molecule has 0 heterocycles. The third-order valence-corrected chi connectivity index (χ3v) is 2.74. The van der Waals surface area contributed by atoms with Crippen LogP contribution in [0, 0.1) is 12.7 Å². The molecule has 0 saturated carbocycles. The van der Waals surface area contributed by atoms with Gasteiger partial charge in [0.1, 0.15) is 11.4 Å². The summed E-state index contributed by atoms with van der Waals surface area (Å²) >= 11 is 0. The van der Waals surface area contributed by atoms with Crippen LogP contribution < -0.4 is 5.32 Å². The van der Waals surface area contributed by atoms with Gasteiger partial charge >= 0.3 is 5.97 Å². The second-order valence-electron chi connectivity index (χ2n) is 4.78. The van der Waals surface area contributed by atoms with E-state index in [0.717, 1.165) is 5.56 Å². The molecule has 1 N–H and O–H groups in total. The molecule has 1 rings (SSSR count). The van der Waals surface area contributed by atoms with Crippen molar-refractivity contribution in [3.8, 4) is 0 Å². The minimum atomic E-state index is -0.752. The van der Waals surface area contributed by atoms with Gasteiger partial charge < -0.3 is 4.74 Å². The molecule has 0 atom stereocenters. The van der Waals surface area contributed by atoms with Crippen LogP contribution in [0.25, 0.3) is 0 Å². The van der Waals surface area contributed by atoms with Crippen molar-refractivity contribution in [3.63, 3.8) is 0 Å². The maximum absolute atomic E-state index is 13.1. The Kier molecular flexibility index (Phi) is 4.84. The Morgan fingerprint density at radius 3 is 2.67 bits per heavy atom. The average Bonchev–Trinajstić information content (AvgIpc) is 2.31. The number of esters is 1. The maximum atomic E-state index is 13.1. The lowest BCUT2D eigenvalue weighted by Crippen LogP contribution is -2.47. The second kappa shape index (κ2) is 5.96. The fraction of sp³-hybridized carbons (Fsp3) is 0.500. The highest BCUT2D eigenvalue weighted by Gasteiger charge is 2.28. The normalized spacial score (nSPS) is 11.4. The summed E-state index contributed by atoms with van der Waals surface area (Å²) in [4.78, 5) is 11.7. The van der Waals surface area contributed by atoms with Gasteiger partial charge in [0.05, 0.1) is 6.61 Å². The maximum Gasteiger partial charge on any atom is 0.325 e. The Morgan fingerprint density at radius 2 is 2.11 bits per heavy atom. The van der Waals surface area contributed by atoms with Crippen molar-refractivity contribution in [1.82, 2.24) is 5.32 Å². The van der Waals surface area contributed by atoms with Crippen molar-refractivity contribution in [1.29, 1.82) is 0 Å². The lowest BCUT2D eigenvalue weighted by Gasteiger charge is -2.24. The fourth-order valence-electron chi connectivity index (χ4n) is 1.52. The standard InChI is InChI=1S/C14H20FNO2/c1-5-18-13(17)14(3,4)16-9-11-6-7-12(15)10(2)8-11/h6-8,16H,5,9H2,1-4H3. The van der Waals surface area contributed by atoms with E-state index >= 15 is 0 Å². The van der Waals surface area contributed by atoms with E-state index in [1.165, 1.54) is 6.07 Å². The average molecular weight is 253 g/mol. The van der Waals surface area contributed by atoms with E-state index in [2.05, 4.69) is 5.32 Å². The zero-order chi connectivity index (χ0) is 13.8. The Hall–Kier alpha value is -1.42. The summed E-state index contributed by atoms with van der Waals surface area (Å²) < 4.78 is 18.1. The van der Waals surface area contributed by atoms with Crippen LogP contribution in [0.5, 0.6) is 0 Å². The summed E-state index contributed by atoms with van der Waals surface area (Å²) in [5, 5.41) is 3.11. The van der Waals surface area contributed by atoms with Crippen LogP contribution in [0.2, 0.25) is 0 Å². The SMILES string of the molecule is CCOC(=O)C(C)(C)NCc1ccc(F)c(C)c1. The lowest BCUT2D eigenvalue weighted by atomic mass is 10.0. The van der Waals surface area contributed by atoms with Crippen LogP contribution in [0.1, 0.15) is 31.9 Å². The van der Waals surface area contributed by atoms with Crippen molar-refractivity contribution >= 4 is 5.97 Å². The van der Waals surface area contributed by atoms with Crippen LogP contribution >= 0.6 is 0 Å². The van der Waals surface area contributed by atoms with E-state index < -0.39 is 5.54 Å². The predicted molar refractivity (Wildman–Crippen MR) is 68.7 cm³/mol. The highest BCUT2D eigenvalue weighted by Crippen LogP contribution is 2.11. The van der Waals surface area contributed by atoms with E-state index in [0.29, 0.717) is 18.7 Å². The topological polar surface area (TPSA) is 38.3 Å². The predicted octanol–water partition coefficient (Wildman–Crippen LogP) is 2.57. The first-order valence-electron chi connectivity index (χ1n) is 6.04. The van der Waals surface area contributed by atoms with Gasteiger partial charge in [-0.3, -0.25) is 10.1 Å². The number of benzene rings is 1. The third-order valence-electron chi connectivity index (χ3n) is 2.74. The molecular formula is C14H20FNO2. The second-order valence-corrected chi connectivity index (χ2v) is 4.78. The van der Waals surface area contributed by atoms with E-state index in [1.807, 2.05) is 0 Å². The van der Waals surface area contributed by atoms with Gasteiger partial charge in [-0.25, -0.2) is 4.39 Å². The first-order chi connectivity index (χ1) is 8.36. The number of hydrogen-bond donors (Lipinski definition) is 1. The monoisotopic (exact) mass is 253 g/mol. The lowest BCUT2D eigenvalue weighted by molar-refractivity contribution is -0.149. The van der Waals surface area contributed by atoms with E-state index in [-0.39, 0.29) is 11.8 Å². The van der Waals surface area contributed by atoms with Gasteiger partial charge in [-0.1, -0.05) is 12.1 Å². The Labute approximate surface area is 107 Å². The molecule has 1 aromatic carbocycles. The summed E-state index contributed by atoms with van der Waals surface area (Å²) in [6.45, 7) is 7.88. The molecule has 1 aromatic rings. The highest BCUT2D eigenvalue weighted by molar-refractivity contribution is 5.79. The van der Waals surface area contributed by atoms with Crippen LogP contribution in [0.4, 0.5) is 4.39 Å². The molecule has 0 radical (unpaired) electrons. The van der Waals surface area contributed by atoms with Crippen molar-refractivity contribution in [2.24, 2.45) is 0 Å². The highest BCUT2D eigenvalue weighted by atomic mass is 19.1. The molecule has 0 aliphatic rings.